The maximum absolute atomic E-state index is 12.1. The highest BCUT2D eigenvalue weighted by molar-refractivity contribution is 6.16. The Labute approximate surface area is 109 Å². The topological polar surface area (TPSA) is 89.3 Å². The van der Waals surface area contributed by atoms with Crippen molar-refractivity contribution in [2.24, 2.45) is 17.1 Å². The number of amides is 2. The van der Waals surface area contributed by atoms with Gasteiger partial charge in [-0.25, -0.2) is 0 Å². The smallest absolute Gasteiger partial charge is 0.238 e. The third-order valence-electron chi connectivity index (χ3n) is 2.24. The van der Waals surface area contributed by atoms with Crippen LogP contribution in [0, 0.1) is 11.3 Å². The number of carbonyl (C=O) groups excluding carboxylic acids is 3. The van der Waals surface area contributed by atoms with E-state index in [2.05, 4.69) is 0 Å². The van der Waals surface area contributed by atoms with Gasteiger partial charge >= 0.3 is 0 Å². The molecule has 16 heavy (non-hydrogen) atoms. The van der Waals surface area contributed by atoms with E-state index in [1.807, 2.05) is 0 Å². The largest absolute Gasteiger partial charge is 0.330 e. The van der Waals surface area contributed by atoms with E-state index in [0.29, 0.717) is 0 Å². The Morgan fingerprint density at radius 2 is 2.19 bits per heavy atom. The van der Waals surface area contributed by atoms with E-state index in [1.165, 1.54) is 0 Å². The lowest BCUT2D eigenvalue weighted by molar-refractivity contribution is -0.136. The predicted octanol–water partition coefficient (Wildman–Crippen LogP) is 0.0150. The van der Waals surface area contributed by atoms with E-state index >= 15 is 0 Å². The van der Waals surface area contributed by atoms with Gasteiger partial charge in [-0.1, -0.05) is 0 Å². The number of halogens is 1. The molecule has 0 aromatic heterocycles. The highest BCUT2D eigenvalue weighted by Gasteiger charge is 2.51. The fraction of sp³-hybridized carbons (Fsp3) is 0.700. The van der Waals surface area contributed by atoms with Gasteiger partial charge in [-0.15, -0.1) is 12.4 Å². The maximum Gasteiger partial charge on any atom is 0.238 e. The summed E-state index contributed by atoms with van der Waals surface area (Å²) in [5.74, 6) is -5.61. The molecule has 0 spiro atoms. The van der Waals surface area contributed by atoms with Gasteiger partial charge in [-0.05, 0) is 26.7 Å². The summed E-state index contributed by atoms with van der Waals surface area (Å²) in [6.45, 7) is -6.56. The lowest BCUT2D eigenvalue weighted by atomic mass is 9.77. The maximum atomic E-state index is 12.1. The van der Waals surface area contributed by atoms with Crippen LogP contribution >= 0.6 is 12.4 Å². The molecule has 1 saturated heterocycles. The van der Waals surface area contributed by atoms with Crippen molar-refractivity contribution in [3.8, 4) is 0 Å². The van der Waals surface area contributed by atoms with Crippen LogP contribution < -0.4 is 11.1 Å². The summed E-state index contributed by atoms with van der Waals surface area (Å²) in [5.41, 5.74) is 2.18. The van der Waals surface area contributed by atoms with Crippen LogP contribution in [-0.4, -0.2) is 24.1 Å². The summed E-state index contributed by atoms with van der Waals surface area (Å²) in [6, 6.07) is 0. The number of nitrogens with one attached hydrogen (secondary N) is 1. The molecule has 2 amide bonds. The minimum Gasteiger partial charge on any atom is -0.330 e. The van der Waals surface area contributed by atoms with Gasteiger partial charge < -0.3 is 5.73 Å². The van der Waals surface area contributed by atoms with Gasteiger partial charge in [-0.2, -0.15) is 0 Å². The first-order valence-electron chi connectivity index (χ1n) is 7.49. The Balaban J connectivity index is 0.00000441. The molecule has 92 valence electrons. The van der Waals surface area contributed by atoms with Crippen LogP contribution in [-0.2, 0) is 14.4 Å². The molecule has 0 aromatic rings. The molecule has 0 saturated carbocycles. The molecule has 0 aliphatic carbocycles. The molecule has 5 nitrogen and oxygen atoms in total. The second-order valence-electron chi connectivity index (χ2n) is 3.42. The molecule has 0 bridgehead atoms. The van der Waals surface area contributed by atoms with Crippen molar-refractivity contribution < 1.29 is 22.6 Å². The van der Waals surface area contributed by atoms with E-state index in [0.717, 1.165) is 0 Å². The molecule has 3 N–H and O–H groups in total. The van der Waals surface area contributed by atoms with Crippen LogP contribution in [0.1, 0.15) is 34.8 Å². The second-order valence-corrected chi connectivity index (χ2v) is 3.42. The molecule has 0 radical (unpaired) electrons. The normalized spacial score (nSPS) is 29.7. The van der Waals surface area contributed by atoms with Crippen LogP contribution in [0.3, 0.4) is 0 Å². The van der Waals surface area contributed by atoms with E-state index in [1.54, 1.807) is 5.32 Å². The van der Waals surface area contributed by atoms with Gasteiger partial charge in [0.1, 0.15) is 11.7 Å². The minimum absolute atomic E-state index is 0. The zero-order valence-corrected chi connectivity index (χ0v) is 9.23. The Bertz CT molecular complexity index is 462. The Hall–Kier alpha value is -0.940. The third kappa shape index (κ3) is 2.59. The predicted molar refractivity (Wildman–Crippen MR) is 61.0 cm³/mol. The summed E-state index contributed by atoms with van der Waals surface area (Å²) in [4.78, 5) is 35.9. The third-order valence-corrected chi connectivity index (χ3v) is 2.24. The van der Waals surface area contributed by atoms with Crippen molar-refractivity contribution in [1.29, 1.82) is 0 Å². The van der Waals surface area contributed by atoms with Crippen LogP contribution in [0.4, 0.5) is 0 Å². The fourth-order valence-corrected chi connectivity index (χ4v) is 1.42. The molecular weight excluding hydrogens is 232 g/mol. The first-order chi connectivity index (χ1) is 9.41. The Kier molecular flexibility index (Phi) is 2.50. The van der Waals surface area contributed by atoms with Gasteiger partial charge in [0.15, 0.2) is 0 Å². The van der Waals surface area contributed by atoms with Crippen molar-refractivity contribution in [1.82, 2.24) is 5.32 Å². The van der Waals surface area contributed by atoms with E-state index < -0.39 is 42.6 Å². The number of nitrogens with two attached hydrogens (primary N) is 1. The lowest BCUT2D eigenvalue weighted by Gasteiger charge is -2.20. The van der Waals surface area contributed by atoms with E-state index in [-0.39, 0.29) is 31.8 Å². The minimum atomic E-state index is -3.34. The first kappa shape index (κ1) is 7.40. The number of Topliss-reactive ketones (excluding diaryl/α,β-unsaturated/α-hetero) is 1. The molecule has 1 fully saturated rings. The number of hydrogen-bond acceptors (Lipinski definition) is 4. The highest BCUT2D eigenvalue weighted by Crippen LogP contribution is 2.33. The number of ketones is 1. The standard InChI is InChI=1S/C10H16N2O3.ClH/c1-10(2)7(6(13)4-3-5-11)8(14)12-9(10)15;/h7H,3-5,11H2,1-2H3,(H,12,14,15);1H/i1D3,2D3;. The van der Waals surface area contributed by atoms with Crippen LogP contribution in [0.2, 0.25) is 0 Å². The molecule has 1 atom stereocenters. The average molecular weight is 255 g/mol. The molecule has 1 aliphatic rings. The van der Waals surface area contributed by atoms with Crippen molar-refractivity contribution in [2.45, 2.75) is 26.5 Å². The number of rotatable bonds is 4. The zero-order chi connectivity index (χ0) is 16.6. The fourth-order valence-electron chi connectivity index (χ4n) is 1.42. The van der Waals surface area contributed by atoms with Gasteiger partial charge in [0, 0.05) is 14.6 Å². The summed E-state index contributed by atoms with van der Waals surface area (Å²) >= 11 is 0. The molecular formula is C10H17ClN2O3. The van der Waals surface area contributed by atoms with Gasteiger partial charge in [0.25, 0.3) is 0 Å². The van der Waals surface area contributed by atoms with Crippen molar-refractivity contribution in [3.05, 3.63) is 0 Å². The van der Waals surface area contributed by atoms with Crippen LogP contribution in [0.15, 0.2) is 0 Å². The number of imide groups is 1. The molecule has 1 rings (SSSR count). The van der Waals surface area contributed by atoms with Crippen molar-refractivity contribution in [2.75, 3.05) is 6.54 Å². The second kappa shape index (κ2) is 5.41. The summed E-state index contributed by atoms with van der Waals surface area (Å²) < 4.78 is 44.6. The van der Waals surface area contributed by atoms with Gasteiger partial charge in [0.2, 0.25) is 11.8 Å². The summed E-state index contributed by atoms with van der Waals surface area (Å²) in [7, 11) is 0. The quantitative estimate of drug-likeness (QED) is 0.547. The summed E-state index contributed by atoms with van der Waals surface area (Å²) in [5, 5.41) is 1.68. The Morgan fingerprint density at radius 1 is 1.56 bits per heavy atom. The highest BCUT2D eigenvalue weighted by atomic mass is 35.5. The zero-order valence-electron chi connectivity index (χ0n) is 14.4. The monoisotopic (exact) mass is 254 g/mol. The Morgan fingerprint density at radius 3 is 2.69 bits per heavy atom. The van der Waals surface area contributed by atoms with Gasteiger partial charge in [-0.3, -0.25) is 19.7 Å². The van der Waals surface area contributed by atoms with Gasteiger partial charge in [0.05, 0.1) is 5.41 Å². The van der Waals surface area contributed by atoms with Crippen molar-refractivity contribution in [3.63, 3.8) is 0 Å². The number of hydrogen-bond donors (Lipinski definition) is 2. The van der Waals surface area contributed by atoms with Crippen molar-refractivity contribution >= 4 is 30.0 Å². The molecule has 0 aromatic carbocycles. The lowest BCUT2D eigenvalue weighted by Crippen LogP contribution is -2.33. The van der Waals surface area contributed by atoms with E-state index in [9.17, 15) is 14.4 Å². The van der Waals surface area contributed by atoms with Crippen LogP contribution in [0.25, 0.3) is 0 Å². The molecule has 1 unspecified atom stereocenters. The van der Waals surface area contributed by atoms with E-state index in [4.69, 9.17) is 14.0 Å². The SMILES string of the molecule is Cl.[2H]C([2H])([2H])C1(C([2H])([2H])[2H])C(=O)NC(=O)C1C(=O)CCCN. The van der Waals surface area contributed by atoms with Crippen LogP contribution in [0.5, 0.6) is 0 Å². The molecule has 6 heteroatoms. The molecule has 1 aliphatic heterocycles. The summed E-state index contributed by atoms with van der Waals surface area (Å²) in [6.07, 6.45) is -0.106. The number of carbonyl (C=O) groups is 3. The molecule has 1 heterocycles. The average Bonchev–Trinajstić information content (AvgIpc) is 2.56. The first-order valence-corrected chi connectivity index (χ1v) is 4.49.